The number of rotatable bonds is 4. The summed E-state index contributed by atoms with van der Waals surface area (Å²) >= 11 is 6.22. The molecule has 1 aliphatic rings. The summed E-state index contributed by atoms with van der Waals surface area (Å²) < 4.78 is 0.416. The second-order valence-electron chi connectivity index (χ2n) is 4.09. The summed E-state index contributed by atoms with van der Waals surface area (Å²) in [5, 5.41) is 20.2. The second-order valence-corrected chi connectivity index (χ2v) is 5.76. The Bertz CT molecular complexity index is 685. The van der Waals surface area contributed by atoms with Gasteiger partial charge in [0.05, 0.1) is 9.83 Å². The molecule has 1 aliphatic heterocycles. The number of nitro benzene ring substituents is 1. The molecule has 0 aromatic heterocycles. The van der Waals surface area contributed by atoms with Crippen molar-refractivity contribution in [1.82, 2.24) is 4.90 Å². The quantitative estimate of drug-likeness (QED) is 0.302. The van der Waals surface area contributed by atoms with Crippen LogP contribution in [0.25, 0.3) is 6.08 Å². The molecule has 1 N–H and O–H groups in total. The van der Waals surface area contributed by atoms with Crippen molar-refractivity contribution in [3.63, 3.8) is 0 Å². The fourth-order valence-corrected chi connectivity index (χ4v) is 2.99. The molecular weight excluding hydrogens is 312 g/mol. The Morgan fingerprint density at radius 3 is 2.86 bits per heavy atom. The van der Waals surface area contributed by atoms with Crippen LogP contribution in [0.1, 0.15) is 5.56 Å². The fraction of sp³-hybridized carbons (Fsp3) is 0.0769. The molecule has 1 fully saturated rings. The van der Waals surface area contributed by atoms with Crippen LogP contribution in [0.15, 0.2) is 35.8 Å². The van der Waals surface area contributed by atoms with Gasteiger partial charge in [0.2, 0.25) is 0 Å². The van der Waals surface area contributed by atoms with Crippen LogP contribution in [-0.4, -0.2) is 31.7 Å². The third-order valence-corrected chi connectivity index (χ3v) is 4.06. The smallest absolute Gasteiger partial charge is 0.311 e. The lowest BCUT2D eigenvalue weighted by Gasteiger charge is -2.10. The molecule has 0 aliphatic carbocycles. The highest BCUT2D eigenvalue weighted by Crippen LogP contribution is 2.34. The Morgan fingerprint density at radius 1 is 1.52 bits per heavy atom. The van der Waals surface area contributed by atoms with Crippen molar-refractivity contribution in [2.75, 3.05) is 6.54 Å². The normalized spacial score (nSPS) is 16.6. The van der Waals surface area contributed by atoms with Crippen LogP contribution in [0.4, 0.5) is 5.69 Å². The number of phenols is 1. The van der Waals surface area contributed by atoms with E-state index in [0.717, 1.165) is 11.8 Å². The monoisotopic (exact) mass is 322 g/mol. The van der Waals surface area contributed by atoms with Gasteiger partial charge >= 0.3 is 5.69 Å². The molecule has 1 amide bonds. The summed E-state index contributed by atoms with van der Waals surface area (Å²) in [6.45, 7) is 3.88. The van der Waals surface area contributed by atoms with E-state index < -0.39 is 16.4 Å². The molecule has 1 aromatic carbocycles. The predicted molar refractivity (Wildman–Crippen MR) is 84.8 cm³/mol. The first kappa shape index (κ1) is 15.2. The van der Waals surface area contributed by atoms with Crippen LogP contribution in [0.5, 0.6) is 5.75 Å². The molecular formula is C13H10N2O4S2. The lowest BCUT2D eigenvalue weighted by atomic mass is 10.1. The van der Waals surface area contributed by atoms with Crippen molar-refractivity contribution >= 4 is 46.0 Å². The standard InChI is InChI=1S/C13H10N2O4S2/c1-2-5-14-12(17)11(21-13(14)20)7-8-3-4-10(16)9(6-8)15(18)19/h2-4,6-7,16H,1,5H2/b11-7+. The number of hydrogen-bond acceptors (Lipinski definition) is 6. The van der Waals surface area contributed by atoms with E-state index in [0.29, 0.717) is 21.3 Å². The Balaban J connectivity index is 2.35. The number of aromatic hydroxyl groups is 1. The summed E-state index contributed by atoms with van der Waals surface area (Å²) in [6.07, 6.45) is 3.08. The third kappa shape index (κ3) is 3.11. The van der Waals surface area contributed by atoms with E-state index in [-0.39, 0.29) is 5.91 Å². The average molecular weight is 322 g/mol. The van der Waals surface area contributed by atoms with Gasteiger partial charge in [-0.1, -0.05) is 36.1 Å². The molecule has 2 rings (SSSR count). The molecule has 108 valence electrons. The predicted octanol–water partition coefficient (Wildman–Crippen LogP) is 2.69. The minimum Gasteiger partial charge on any atom is -0.502 e. The number of hydrogen-bond donors (Lipinski definition) is 1. The number of amides is 1. The minimum absolute atomic E-state index is 0.263. The van der Waals surface area contributed by atoms with E-state index in [1.807, 2.05) is 0 Å². The van der Waals surface area contributed by atoms with Crippen molar-refractivity contribution in [3.05, 3.63) is 51.4 Å². The van der Waals surface area contributed by atoms with E-state index in [4.69, 9.17) is 12.2 Å². The van der Waals surface area contributed by atoms with Gasteiger partial charge in [-0.25, -0.2) is 0 Å². The summed E-state index contributed by atoms with van der Waals surface area (Å²) in [5.41, 5.74) is 0.0314. The van der Waals surface area contributed by atoms with E-state index in [1.165, 1.54) is 29.2 Å². The number of carbonyl (C=O) groups excluding carboxylic acids is 1. The SMILES string of the molecule is C=CCN1C(=O)/C(=C\c2ccc(O)c([N+](=O)[O-])c2)SC1=S. The summed E-state index contributed by atoms with van der Waals surface area (Å²) in [7, 11) is 0. The lowest BCUT2D eigenvalue weighted by Crippen LogP contribution is -2.27. The molecule has 0 unspecified atom stereocenters. The van der Waals surface area contributed by atoms with Gasteiger partial charge in [-0.15, -0.1) is 6.58 Å². The van der Waals surface area contributed by atoms with Gasteiger partial charge in [0.15, 0.2) is 5.75 Å². The van der Waals surface area contributed by atoms with Crippen molar-refractivity contribution < 1.29 is 14.8 Å². The molecule has 1 aromatic rings. The summed E-state index contributed by atoms with van der Waals surface area (Å²) in [6, 6.07) is 3.91. The Kier molecular flexibility index (Phi) is 4.39. The van der Waals surface area contributed by atoms with Crippen molar-refractivity contribution in [3.8, 4) is 5.75 Å². The Labute approximate surface area is 129 Å². The van der Waals surface area contributed by atoms with Gasteiger partial charge in [0.1, 0.15) is 4.32 Å². The first-order valence-corrected chi connectivity index (χ1v) is 7.00. The van der Waals surface area contributed by atoms with Crippen LogP contribution < -0.4 is 0 Å². The van der Waals surface area contributed by atoms with Crippen LogP contribution in [0, 0.1) is 10.1 Å². The van der Waals surface area contributed by atoms with Gasteiger partial charge in [0.25, 0.3) is 5.91 Å². The average Bonchev–Trinajstić information content (AvgIpc) is 2.69. The lowest BCUT2D eigenvalue weighted by molar-refractivity contribution is -0.385. The maximum absolute atomic E-state index is 12.1. The molecule has 0 spiro atoms. The van der Waals surface area contributed by atoms with E-state index in [9.17, 15) is 20.0 Å². The molecule has 1 heterocycles. The van der Waals surface area contributed by atoms with Gasteiger partial charge in [0, 0.05) is 12.6 Å². The largest absolute Gasteiger partial charge is 0.502 e. The van der Waals surface area contributed by atoms with Crippen LogP contribution in [0.2, 0.25) is 0 Å². The third-order valence-electron chi connectivity index (χ3n) is 2.68. The zero-order valence-electron chi connectivity index (χ0n) is 10.7. The van der Waals surface area contributed by atoms with Crippen LogP contribution in [0.3, 0.4) is 0 Å². The van der Waals surface area contributed by atoms with Gasteiger partial charge in [-0.3, -0.25) is 19.8 Å². The first-order chi connectivity index (χ1) is 9.93. The highest BCUT2D eigenvalue weighted by atomic mass is 32.2. The van der Waals surface area contributed by atoms with Gasteiger partial charge in [-0.05, 0) is 17.7 Å². The Hall–Kier alpha value is -2.19. The highest BCUT2D eigenvalue weighted by molar-refractivity contribution is 8.26. The van der Waals surface area contributed by atoms with Crippen molar-refractivity contribution in [2.45, 2.75) is 0 Å². The van der Waals surface area contributed by atoms with E-state index >= 15 is 0 Å². The fourth-order valence-electron chi connectivity index (χ4n) is 1.71. The summed E-state index contributed by atoms with van der Waals surface area (Å²) in [4.78, 5) is 24.0. The molecule has 0 atom stereocenters. The van der Waals surface area contributed by atoms with Gasteiger partial charge in [-0.2, -0.15) is 0 Å². The summed E-state index contributed by atoms with van der Waals surface area (Å²) in [5.74, 6) is -0.683. The van der Waals surface area contributed by atoms with Crippen LogP contribution in [-0.2, 0) is 4.79 Å². The van der Waals surface area contributed by atoms with Crippen LogP contribution >= 0.6 is 24.0 Å². The number of nitro groups is 1. The zero-order valence-corrected chi connectivity index (χ0v) is 12.3. The van der Waals surface area contributed by atoms with E-state index in [2.05, 4.69) is 6.58 Å². The first-order valence-electron chi connectivity index (χ1n) is 5.77. The van der Waals surface area contributed by atoms with Crippen molar-refractivity contribution in [2.24, 2.45) is 0 Å². The number of carbonyl (C=O) groups is 1. The Morgan fingerprint density at radius 2 is 2.24 bits per heavy atom. The molecule has 21 heavy (non-hydrogen) atoms. The zero-order chi connectivity index (χ0) is 15.6. The molecule has 1 saturated heterocycles. The molecule has 0 radical (unpaired) electrons. The topological polar surface area (TPSA) is 83.7 Å². The maximum atomic E-state index is 12.1. The number of thioether (sulfide) groups is 1. The van der Waals surface area contributed by atoms with Gasteiger partial charge < -0.3 is 5.11 Å². The number of benzene rings is 1. The molecule has 8 heteroatoms. The van der Waals surface area contributed by atoms with E-state index in [1.54, 1.807) is 6.08 Å². The molecule has 6 nitrogen and oxygen atoms in total. The van der Waals surface area contributed by atoms with Crippen molar-refractivity contribution in [1.29, 1.82) is 0 Å². The minimum atomic E-state index is -0.685. The number of phenolic OH excluding ortho intramolecular Hbond substituents is 1. The molecule has 0 bridgehead atoms. The maximum Gasteiger partial charge on any atom is 0.311 e. The highest BCUT2D eigenvalue weighted by Gasteiger charge is 2.31. The number of thiocarbonyl (C=S) groups is 1. The second kappa shape index (κ2) is 6.06. The molecule has 0 saturated carbocycles. The number of nitrogens with zero attached hydrogens (tertiary/aromatic N) is 2.